The van der Waals surface area contributed by atoms with Crippen molar-refractivity contribution in [3.63, 3.8) is 0 Å². The fraction of sp³-hybridized carbons (Fsp3) is 0.174. The van der Waals surface area contributed by atoms with Crippen LogP contribution in [0, 0.1) is 0 Å². The molecule has 1 N–H and O–H groups in total. The predicted molar refractivity (Wildman–Crippen MR) is 115 cm³/mol. The topological polar surface area (TPSA) is 54.4 Å². The minimum Gasteiger partial charge on any atom is -0.324 e. The van der Waals surface area contributed by atoms with Gasteiger partial charge in [-0.15, -0.1) is 0 Å². The Morgan fingerprint density at radius 1 is 1.06 bits per heavy atom. The van der Waals surface area contributed by atoms with E-state index in [9.17, 15) is 18.0 Å². The maximum Gasteiger partial charge on any atom is 0.417 e. The van der Waals surface area contributed by atoms with Crippen LogP contribution in [0.5, 0.6) is 0 Å². The standard InChI is InChI=1S/C23H17ClF3N3O/c1-2-16-9-14(6-7-28-16)13-4-3-5-15(8-13)19-12-22(31)30-20-10-17(23(25,26)27)18(24)11-21(20)29-19/h3-11H,2,12H2,1H3,(H,30,31). The highest BCUT2D eigenvalue weighted by atomic mass is 35.5. The summed E-state index contributed by atoms with van der Waals surface area (Å²) >= 11 is 5.86. The van der Waals surface area contributed by atoms with Crippen molar-refractivity contribution in [2.75, 3.05) is 5.32 Å². The van der Waals surface area contributed by atoms with Gasteiger partial charge in [0.1, 0.15) is 0 Å². The molecule has 31 heavy (non-hydrogen) atoms. The van der Waals surface area contributed by atoms with Gasteiger partial charge in [0.05, 0.1) is 34.1 Å². The zero-order chi connectivity index (χ0) is 22.2. The first kappa shape index (κ1) is 21.1. The fourth-order valence-electron chi connectivity index (χ4n) is 3.40. The summed E-state index contributed by atoms with van der Waals surface area (Å²) in [7, 11) is 0. The Morgan fingerprint density at radius 3 is 2.55 bits per heavy atom. The molecule has 0 unspecified atom stereocenters. The van der Waals surface area contributed by atoms with Gasteiger partial charge in [0.25, 0.3) is 0 Å². The highest BCUT2D eigenvalue weighted by Gasteiger charge is 2.34. The van der Waals surface area contributed by atoms with Crippen LogP contribution in [0.4, 0.5) is 24.5 Å². The van der Waals surface area contributed by atoms with Gasteiger partial charge in [0.2, 0.25) is 5.91 Å². The van der Waals surface area contributed by atoms with Crippen molar-refractivity contribution in [3.8, 4) is 11.1 Å². The number of aromatic nitrogens is 1. The lowest BCUT2D eigenvalue weighted by molar-refractivity contribution is -0.137. The summed E-state index contributed by atoms with van der Waals surface area (Å²) in [6.45, 7) is 2.02. The molecule has 158 valence electrons. The monoisotopic (exact) mass is 443 g/mol. The summed E-state index contributed by atoms with van der Waals surface area (Å²) in [4.78, 5) is 21.2. The van der Waals surface area contributed by atoms with Crippen LogP contribution in [0.2, 0.25) is 5.02 Å². The number of alkyl halides is 3. The zero-order valence-electron chi connectivity index (χ0n) is 16.4. The van der Waals surface area contributed by atoms with Gasteiger partial charge in [-0.3, -0.25) is 14.8 Å². The number of nitrogens with zero attached hydrogens (tertiary/aromatic N) is 2. The van der Waals surface area contributed by atoms with Crippen molar-refractivity contribution in [2.45, 2.75) is 25.9 Å². The van der Waals surface area contributed by atoms with E-state index in [-0.39, 0.29) is 17.8 Å². The van der Waals surface area contributed by atoms with E-state index in [1.165, 1.54) is 0 Å². The van der Waals surface area contributed by atoms with Crippen LogP contribution in [0.15, 0.2) is 59.7 Å². The van der Waals surface area contributed by atoms with Crippen LogP contribution in [0.3, 0.4) is 0 Å². The van der Waals surface area contributed by atoms with E-state index in [0.29, 0.717) is 11.3 Å². The second-order valence-corrected chi connectivity index (χ2v) is 7.51. The molecule has 0 atom stereocenters. The van der Waals surface area contributed by atoms with Crippen molar-refractivity contribution in [2.24, 2.45) is 4.99 Å². The highest BCUT2D eigenvalue weighted by molar-refractivity contribution is 6.32. The molecule has 1 amide bonds. The van der Waals surface area contributed by atoms with Gasteiger partial charge in [-0.1, -0.05) is 36.7 Å². The predicted octanol–water partition coefficient (Wildman–Crippen LogP) is 6.45. The quantitative estimate of drug-likeness (QED) is 0.506. The number of carbonyl (C=O) groups is 1. The van der Waals surface area contributed by atoms with Gasteiger partial charge in [0.15, 0.2) is 0 Å². The third-order valence-electron chi connectivity index (χ3n) is 4.96. The van der Waals surface area contributed by atoms with Gasteiger partial charge >= 0.3 is 6.18 Å². The minimum absolute atomic E-state index is 0.0189. The Morgan fingerprint density at radius 2 is 1.81 bits per heavy atom. The van der Waals surface area contributed by atoms with Crippen molar-refractivity contribution in [1.82, 2.24) is 4.98 Å². The molecule has 2 aromatic carbocycles. The van der Waals surface area contributed by atoms with Gasteiger partial charge < -0.3 is 5.32 Å². The van der Waals surface area contributed by atoms with Crippen molar-refractivity contribution >= 4 is 34.6 Å². The fourth-order valence-corrected chi connectivity index (χ4v) is 3.67. The molecule has 0 bridgehead atoms. The smallest absolute Gasteiger partial charge is 0.324 e. The Labute approximate surface area is 181 Å². The number of aliphatic imine (C=N–C) groups is 1. The average Bonchev–Trinajstić information content (AvgIpc) is 2.90. The molecule has 4 rings (SSSR count). The Balaban J connectivity index is 1.78. The minimum atomic E-state index is -4.63. The largest absolute Gasteiger partial charge is 0.417 e. The number of nitrogens with one attached hydrogen (secondary N) is 1. The third-order valence-corrected chi connectivity index (χ3v) is 5.27. The van der Waals surface area contributed by atoms with Crippen LogP contribution in [-0.2, 0) is 17.4 Å². The Bertz CT molecular complexity index is 1200. The molecule has 0 radical (unpaired) electrons. The van der Waals surface area contributed by atoms with Gasteiger partial charge in [-0.05, 0) is 53.4 Å². The number of fused-ring (bicyclic) bond motifs is 1. The van der Waals surface area contributed by atoms with E-state index in [1.54, 1.807) is 6.20 Å². The number of pyridine rings is 1. The first-order chi connectivity index (χ1) is 14.7. The van der Waals surface area contributed by atoms with E-state index < -0.39 is 22.7 Å². The number of hydrogen-bond donors (Lipinski definition) is 1. The van der Waals surface area contributed by atoms with Crippen LogP contribution in [0.1, 0.15) is 30.2 Å². The number of rotatable bonds is 3. The summed E-state index contributed by atoms with van der Waals surface area (Å²) in [5.41, 5.74) is 3.15. The van der Waals surface area contributed by atoms with Crippen molar-refractivity contribution in [1.29, 1.82) is 0 Å². The number of anilines is 1. The summed E-state index contributed by atoms with van der Waals surface area (Å²) in [6, 6.07) is 13.3. The summed E-state index contributed by atoms with van der Waals surface area (Å²) in [6.07, 6.45) is -2.16. The van der Waals surface area contributed by atoms with Crippen molar-refractivity contribution in [3.05, 3.63) is 76.6 Å². The lowest BCUT2D eigenvalue weighted by Gasteiger charge is -2.12. The number of benzene rings is 2. The molecule has 8 heteroatoms. The van der Waals surface area contributed by atoms with Crippen LogP contribution < -0.4 is 5.32 Å². The molecule has 0 fully saturated rings. The molecular weight excluding hydrogens is 427 g/mol. The number of amides is 1. The molecule has 0 saturated carbocycles. The second-order valence-electron chi connectivity index (χ2n) is 7.10. The molecule has 1 aliphatic rings. The zero-order valence-corrected chi connectivity index (χ0v) is 17.2. The Kier molecular flexibility index (Phi) is 5.54. The maximum atomic E-state index is 13.2. The highest BCUT2D eigenvalue weighted by Crippen LogP contribution is 2.41. The first-order valence-corrected chi connectivity index (χ1v) is 9.96. The maximum absolute atomic E-state index is 13.2. The SMILES string of the molecule is CCc1cc(-c2cccc(C3=Nc4cc(Cl)c(C(F)(F)F)cc4NC(=O)C3)c2)ccn1. The number of aryl methyl sites for hydroxylation is 1. The molecule has 4 nitrogen and oxygen atoms in total. The molecule has 2 heterocycles. The summed E-state index contributed by atoms with van der Waals surface area (Å²) in [5.74, 6) is -0.449. The van der Waals surface area contributed by atoms with E-state index in [1.807, 2.05) is 43.3 Å². The lowest BCUT2D eigenvalue weighted by Crippen LogP contribution is -2.15. The van der Waals surface area contributed by atoms with E-state index in [4.69, 9.17) is 11.6 Å². The summed E-state index contributed by atoms with van der Waals surface area (Å²) < 4.78 is 39.5. The van der Waals surface area contributed by atoms with E-state index in [2.05, 4.69) is 15.3 Å². The van der Waals surface area contributed by atoms with Crippen LogP contribution in [0.25, 0.3) is 11.1 Å². The van der Waals surface area contributed by atoms with Crippen LogP contribution in [-0.4, -0.2) is 16.6 Å². The third kappa shape index (κ3) is 4.46. The Hall–Kier alpha value is -3.19. The number of halogens is 4. The van der Waals surface area contributed by atoms with Crippen LogP contribution >= 0.6 is 11.6 Å². The molecule has 1 aliphatic heterocycles. The molecule has 3 aromatic rings. The number of carbonyl (C=O) groups excluding carboxylic acids is 1. The van der Waals surface area contributed by atoms with E-state index in [0.717, 1.165) is 35.4 Å². The first-order valence-electron chi connectivity index (χ1n) is 9.58. The van der Waals surface area contributed by atoms with Crippen molar-refractivity contribution < 1.29 is 18.0 Å². The average molecular weight is 444 g/mol. The van der Waals surface area contributed by atoms with Gasteiger partial charge in [-0.2, -0.15) is 13.2 Å². The molecule has 0 spiro atoms. The normalized spacial score (nSPS) is 13.8. The summed E-state index contributed by atoms with van der Waals surface area (Å²) in [5, 5.41) is 2.03. The number of hydrogen-bond acceptors (Lipinski definition) is 3. The second kappa shape index (κ2) is 8.15. The van der Waals surface area contributed by atoms with Gasteiger partial charge in [-0.25, -0.2) is 0 Å². The molecule has 0 aliphatic carbocycles. The molecule has 0 saturated heterocycles. The van der Waals surface area contributed by atoms with Gasteiger partial charge in [0, 0.05) is 11.9 Å². The molecular formula is C23H17ClF3N3O. The molecule has 1 aromatic heterocycles. The van der Waals surface area contributed by atoms with E-state index >= 15 is 0 Å². The lowest BCUT2D eigenvalue weighted by atomic mass is 9.99.